The normalized spacial score (nSPS) is 18.3. The van der Waals surface area contributed by atoms with Gasteiger partial charge in [-0.3, -0.25) is 0 Å². The van der Waals surface area contributed by atoms with Crippen molar-refractivity contribution in [1.29, 1.82) is 0 Å². The number of nitrogens with two attached hydrogens (primary N) is 1. The highest BCUT2D eigenvalue weighted by Gasteiger charge is 2.32. The second-order valence-corrected chi connectivity index (χ2v) is 5.04. The average Bonchev–Trinajstić information content (AvgIpc) is 2.75. The quantitative estimate of drug-likeness (QED) is 0.840. The first kappa shape index (κ1) is 12.4. The van der Waals surface area contributed by atoms with E-state index in [-0.39, 0.29) is 0 Å². The fourth-order valence-corrected chi connectivity index (χ4v) is 2.40. The second-order valence-electron chi connectivity index (χ2n) is 5.04. The molecule has 0 unspecified atom stereocenters. The molecule has 3 N–H and O–H groups in total. The molecule has 94 valence electrons. The molecule has 0 spiro atoms. The first-order valence-electron chi connectivity index (χ1n) is 6.28. The van der Waals surface area contributed by atoms with Crippen molar-refractivity contribution in [2.75, 3.05) is 6.61 Å². The Balaban J connectivity index is 2.03. The summed E-state index contributed by atoms with van der Waals surface area (Å²) in [5, 5.41) is 10.2. The van der Waals surface area contributed by atoms with Crippen molar-refractivity contribution in [3.8, 4) is 5.75 Å². The zero-order valence-electron chi connectivity index (χ0n) is 10.4. The molecule has 0 atom stereocenters. The van der Waals surface area contributed by atoms with Crippen LogP contribution in [0.3, 0.4) is 0 Å². The Bertz CT molecular complexity index is 384. The molecule has 0 aliphatic heterocycles. The monoisotopic (exact) mass is 235 g/mol. The molecule has 1 aromatic rings. The standard InChI is InChI=1S/C14H21NO2/c1-11-4-5-13(12(8-11)9-15)17-10-14(16)6-2-3-7-14/h4-5,8,16H,2-3,6-7,9-10,15H2,1H3. The number of ether oxygens (including phenoxy) is 1. The minimum absolute atomic E-state index is 0.378. The molecule has 3 heteroatoms. The zero-order valence-corrected chi connectivity index (χ0v) is 10.4. The third kappa shape index (κ3) is 2.99. The van der Waals surface area contributed by atoms with Crippen molar-refractivity contribution in [2.45, 2.75) is 44.8 Å². The lowest BCUT2D eigenvalue weighted by molar-refractivity contribution is 0.00114. The number of rotatable bonds is 4. The van der Waals surface area contributed by atoms with Gasteiger partial charge in [-0.25, -0.2) is 0 Å². The van der Waals surface area contributed by atoms with E-state index >= 15 is 0 Å². The van der Waals surface area contributed by atoms with Gasteiger partial charge < -0.3 is 15.6 Å². The molecule has 1 aliphatic rings. The first-order valence-corrected chi connectivity index (χ1v) is 6.28. The molecular weight excluding hydrogens is 214 g/mol. The van der Waals surface area contributed by atoms with Gasteiger partial charge in [-0.2, -0.15) is 0 Å². The lowest BCUT2D eigenvalue weighted by atomic mass is 10.0. The number of aliphatic hydroxyl groups is 1. The van der Waals surface area contributed by atoms with Crippen LogP contribution in [0, 0.1) is 6.92 Å². The summed E-state index contributed by atoms with van der Waals surface area (Å²) >= 11 is 0. The van der Waals surface area contributed by atoms with E-state index in [0.717, 1.165) is 37.0 Å². The Hall–Kier alpha value is -1.06. The van der Waals surface area contributed by atoms with Gasteiger partial charge in [-0.05, 0) is 25.8 Å². The molecule has 0 saturated heterocycles. The molecule has 0 heterocycles. The molecule has 0 aromatic heterocycles. The van der Waals surface area contributed by atoms with E-state index in [1.54, 1.807) is 0 Å². The average molecular weight is 235 g/mol. The summed E-state index contributed by atoms with van der Waals surface area (Å²) in [6.07, 6.45) is 3.88. The van der Waals surface area contributed by atoms with Crippen LogP contribution in [-0.2, 0) is 6.54 Å². The summed E-state index contributed by atoms with van der Waals surface area (Å²) in [5.41, 5.74) is 7.25. The van der Waals surface area contributed by atoms with Gasteiger partial charge in [0.2, 0.25) is 0 Å². The van der Waals surface area contributed by atoms with Gasteiger partial charge in [0, 0.05) is 12.1 Å². The Morgan fingerprint density at radius 2 is 2.06 bits per heavy atom. The maximum Gasteiger partial charge on any atom is 0.123 e. The molecule has 17 heavy (non-hydrogen) atoms. The highest BCUT2D eigenvalue weighted by atomic mass is 16.5. The molecule has 0 radical (unpaired) electrons. The van der Waals surface area contributed by atoms with Crippen LogP contribution in [-0.4, -0.2) is 17.3 Å². The van der Waals surface area contributed by atoms with E-state index in [9.17, 15) is 5.11 Å². The van der Waals surface area contributed by atoms with Crippen LogP contribution >= 0.6 is 0 Å². The van der Waals surface area contributed by atoms with E-state index in [1.165, 1.54) is 5.56 Å². The predicted molar refractivity (Wildman–Crippen MR) is 68.0 cm³/mol. The first-order chi connectivity index (χ1) is 8.13. The van der Waals surface area contributed by atoms with Crippen LogP contribution in [0.5, 0.6) is 5.75 Å². The Labute approximate surface area is 103 Å². The smallest absolute Gasteiger partial charge is 0.123 e. The van der Waals surface area contributed by atoms with Gasteiger partial charge in [-0.15, -0.1) is 0 Å². The maximum atomic E-state index is 10.2. The summed E-state index contributed by atoms with van der Waals surface area (Å²) in [6, 6.07) is 5.98. The SMILES string of the molecule is Cc1ccc(OCC2(O)CCCC2)c(CN)c1. The minimum atomic E-state index is -0.628. The van der Waals surface area contributed by atoms with E-state index in [0.29, 0.717) is 13.2 Å². The highest BCUT2D eigenvalue weighted by Crippen LogP contribution is 2.30. The molecular formula is C14H21NO2. The van der Waals surface area contributed by atoms with Crippen molar-refractivity contribution in [3.05, 3.63) is 29.3 Å². The molecule has 1 aromatic carbocycles. The van der Waals surface area contributed by atoms with E-state index < -0.39 is 5.60 Å². The minimum Gasteiger partial charge on any atom is -0.490 e. The van der Waals surface area contributed by atoms with E-state index in [4.69, 9.17) is 10.5 Å². The number of hydrogen-bond donors (Lipinski definition) is 2. The Morgan fingerprint density at radius 1 is 1.35 bits per heavy atom. The van der Waals surface area contributed by atoms with Gasteiger partial charge in [0.1, 0.15) is 12.4 Å². The van der Waals surface area contributed by atoms with Gasteiger partial charge in [0.25, 0.3) is 0 Å². The van der Waals surface area contributed by atoms with Crippen LogP contribution in [0.1, 0.15) is 36.8 Å². The zero-order chi connectivity index (χ0) is 12.3. The van der Waals surface area contributed by atoms with Gasteiger partial charge in [-0.1, -0.05) is 30.5 Å². The summed E-state index contributed by atoms with van der Waals surface area (Å²) < 4.78 is 5.74. The van der Waals surface area contributed by atoms with E-state index in [1.807, 2.05) is 25.1 Å². The van der Waals surface area contributed by atoms with Gasteiger partial charge in [0.15, 0.2) is 0 Å². The van der Waals surface area contributed by atoms with Gasteiger partial charge >= 0.3 is 0 Å². The Kier molecular flexibility index (Phi) is 3.69. The van der Waals surface area contributed by atoms with Crippen LogP contribution in [0.4, 0.5) is 0 Å². The number of hydrogen-bond acceptors (Lipinski definition) is 3. The summed E-state index contributed by atoms with van der Waals surface area (Å²) in [7, 11) is 0. The Morgan fingerprint density at radius 3 is 2.71 bits per heavy atom. The lowest BCUT2D eigenvalue weighted by Gasteiger charge is -2.23. The molecule has 1 fully saturated rings. The van der Waals surface area contributed by atoms with Gasteiger partial charge in [0.05, 0.1) is 5.60 Å². The van der Waals surface area contributed by atoms with Crippen LogP contribution in [0.25, 0.3) is 0 Å². The summed E-state index contributed by atoms with van der Waals surface area (Å²) in [6.45, 7) is 2.88. The van der Waals surface area contributed by atoms with Crippen molar-refractivity contribution < 1.29 is 9.84 Å². The predicted octanol–water partition coefficient (Wildman–Crippen LogP) is 2.14. The molecule has 0 bridgehead atoms. The number of aryl methyl sites for hydroxylation is 1. The summed E-state index contributed by atoms with van der Waals surface area (Å²) in [4.78, 5) is 0. The molecule has 2 rings (SSSR count). The van der Waals surface area contributed by atoms with Crippen molar-refractivity contribution in [1.82, 2.24) is 0 Å². The molecule has 0 amide bonds. The van der Waals surface area contributed by atoms with Crippen molar-refractivity contribution in [2.24, 2.45) is 5.73 Å². The highest BCUT2D eigenvalue weighted by molar-refractivity contribution is 5.36. The summed E-state index contributed by atoms with van der Waals surface area (Å²) in [5.74, 6) is 0.804. The third-order valence-corrected chi connectivity index (χ3v) is 3.47. The van der Waals surface area contributed by atoms with E-state index in [2.05, 4.69) is 0 Å². The fraction of sp³-hybridized carbons (Fsp3) is 0.571. The van der Waals surface area contributed by atoms with Crippen LogP contribution < -0.4 is 10.5 Å². The van der Waals surface area contributed by atoms with Crippen LogP contribution in [0.15, 0.2) is 18.2 Å². The fourth-order valence-electron chi connectivity index (χ4n) is 2.40. The third-order valence-electron chi connectivity index (χ3n) is 3.47. The number of benzene rings is 1. The molecule has 3 nitrogen and oxygen atoms in total. The van der Waals surface area contributed by atoms with Crippen molar-refractivity contribution >= 4 is 0 Å². The second kappa shape index (κ2) is 5.07. The molecule has 1 saturated carbocycles. The largest absolute Gasteiger partial charge is 0.490 e. The topological polar surface area (TPSA) is 55.5 Å². The lowest BCUT2D eigenvalue weighted by Crippen LogP contribution is -2.32. The van der Waals surface area contributed by atoms with Crippen LogP contribution in [0.2, 0.25) is 0 Å². The molecule has 1 aliphatic carbocycles. The maximum absolute atomic E-state index is 10.2. The van der Waals surface area contributed by atoms with Crippen molar-refractivity contribution in [3.63, 3.8) is 0 Å².